The molecule has 0 aromatic heterocycles. The van der Waals surface area contributed by atoms with Crippen LogP contribution < -0.4 is 5.32 Å². The third-order valence-electron chi connectivity index (χ3n) is 3.60. The molecule has 0 aromatic rings. The topological polar surface area (TPSA) is 78.9 Å². The lowest BCUT2D eigenvalue weighted by Crippen LogP contribution is -2.38. The number of carbonyl (C=O) groups excluding carboxylic acids is 2. The summed E-state index contributed by atoms with van der Waals surface area (Å²) in [6.07, 6.45) is 10.3. The quantitative estimate of drug-likeness (QED) is 0.219. The van der Waals surface area contributed by atoms with Crippen molar-refractivity contribution >= 4 is 12.0 Å². The van der Waals surface area contributed by atoms with E-state index in [-0.39, 0.29) is 18.9 Å². The first-order chi connectivity index (χ1) is 11.1. The molecule has 136 valence electrons. The molecule has 0 fully saturated rings. The Balaban J connectivity index is 3.45. The number of carbonyl (C=O) groups is 2. The van der Waals surface area contributed by atoms with Crippen molar-refractivity contribution in [2.24, 2.45) is 0 Å². The number of nitrogens with zero attached hydrogens (tertiary/aromatic N) is 1. The van der Waals surface area contributed by atoms with Crippen molar-refractivity contribution in [1.29, 1.82) is 0 Å². The highest BCUT2D eigenvalue weighted by Crippen LogP contribution is 2.07. The van der Waals surface area contributed by atoms with Gasteiger partial charge in [-0.05, 0) is 19.8 Å². The zero-order chi connectivity index (χ0) is 17.3. The van der Waals surface area contributed by atoms with Crippen molar-refractivity contribution < 1.29 is 19.5 Å². The van der Waals surface area contributed by atoms with E-state index in [1.165, 1.54) is 38.5 Å². The maximum atomic E-state index is 11.6. The number of hydrogen-bond acceptors (Lipinski definition) is 4. The number of urea groups is 1. The molecular weight excluding hydrogens is 296 g/mol. The van der Waals surface area contributed by atoms with Gasteiger partial charge in [-0.2, -0.15) is 0 Å². The van der Waals surface area contributed by atoms with Crippen molar-refractivity contribution in [3.63, 3.8) is 0 Å². The van der Waals surface area contributed by atoms with Crippen LogP contribution in [0.3, 0.4) is 0 Å². The van der Waals surface area contributed by atoms with E-state index in [0.29, 0.717) is 24.6 Å². The number of ether oxygens (including phenoxy) is 1. The Hall–Kier alpha value is -1.30. The highest BCUT2D eigenvalue weighted by Gasteiger charge is 2.10. The minimum absolute atomic E-state index is 0.127. The van der Waals surface area contributed by atoms with Gasteiger partial charge in [-0.15, -0.1) is 0 Å². The summed E-state index contributed by atoms with van der Waals surface area (Å²) in [5.74, 6) is -0.305. The van der Waals surface area contributed by atoms with Crippen LogP contribution in [0.5, 0.6) is 0 Å². The molecule has 0 aliphatic carbocycles. The molecule has 2 amide bonds. The summed E-state index contributed by atoms with van der Waals surface area (Å²) in [5.41, 5.74) is 0. The Morgan fingerprint density at radius 2 is 1.57 bits per heavy atom. The number of unbranched alkanes of at least 4 members (excludes halogenated alkanes) is 7. The van der Waals surface area contributed by atoms with Gasteiger partial charge in [-0.1, -0.05) is 51.9 Å². The van der Waals surface area contributed by atoms with Crippen LogP contribution in [-0.2, 0) is 9.53 Å². The van der Waals surface area contributed by atoms with Crippen LogP contribution in [0, 0.1) is 0 Å². The van der Waals surface area contributed by atoms with Gasteiger partial charge < -0.3 is 10.1 Å². The molecule has 0 aromatic carbocycles. The van der Waals surface area contributed by atoms with Crippen molar-refractivity contribution in [3.8, 4) is 0 Å². The highest BCUT2D eigenvalue weighted by molar-refractivity contribution is 5.73. The molecule has 0 radical (unpaired) electrons. The number of rotatable bonds is 14. The molecule has 0 saturated carbocycles. The second kappa shape index (κ2) is 15.6. The van der Waals surface area contributed by atoms with Gasteiger partial charge in [0.15, 0.2) is 0 Å². The normalized spacial score (nSPS) is 10.4. The van der Waals surface area contributed by atoms with Crippen LogP contribution in [0.25, 0.3) is 0 Å². The molecule has 6 heteroatoms. The minimum atomic E-state index is -0.503. The van der Waals surface area contributed by atoms with Crippen molar-refractivity contribution in [2.45, 2.75) is 78.1 Å². The second-order valence-corrected chi connectivity index (χ2v) is 5.74. The van der Waals surface area contributed by atoms with Crippen LogP contribution in [0.15, 0.2) is 0 Å². The zero-order valence-corrected chi connectivity index (χ0v) is 14.8. The Bertz CT molecular complexity index is 311. The largest absolute Gasteiger partial charge is 0.466 e. The Kier molecular flexibility index (Phi) is 14.7. The van der Waals surface area contributed by atoms with Gasteiger partial charge in [0.05, 0.1) is 13.2 Å². The van der Waals surface area contributed by atoms with Crippen LogP contribution in [-0.4, -0.2) is 42.0 Å². The molecule has 0 saturated heterocycles. The van der Waals surface area contributed by atoms with E-state index in [9.17, 15) is 14.8 Å². The Labute approximate surface area is 140 Å². The molecule has 0 aliphatic rings. The smallest absolute Gasteiger partial charge is 0.341 e. The van der Waals surface area contributed by atoms with Gasteiger partial charge in [0.25, 0.3) is 0 Å². The number of amides is 2. The van der Waals surface area contributed by atoms with Gasteiger partial charge in [0, 0.05) is 13.0 Å². The van der Waals surface area contributed by atoms with E-state index in [1.54, 1.807) is 6.92 Å². The van der Waals surface area contributed by atoms with E-state index < -0.39 is 6.03 Å². The summed E-state index contributed by atoms with van der Waals surface area (Å²) in [6.45, 7) is 5.00. The molecule has 0 spiro atoms. The lowest BCUT2D eigenvalue weighted by Gasteiger charge is -2.15. The summed E-state index contributed by atoms with van der Waals surface area (Å²) in [6, 6.07) is -0.503. The van der Waals surface area contributed by atoms with Gasteiger partial charge >= 0.3 is 12.0 Å². The van der Waals surface area contributed by atoms with E-state index in [4.69, 9.17) is 4.74 Å². The predicted molar refractivity (Wildman–Crippen MR) is 90.4 cm³/mol. The fourth-order valence-corrected chi connectivity index (χ4v) is 2.25. The molecule has 0 bridgehead atoms. The fourth-order valence-electron chi connectivity index (χ4n) is 2.25. The standard InChI is InChI=1S/C17H34N2O4/c1-3-5-6-7-8-9-10-11-14-18-17(21)19(22)15-12-13-16(20)23-4-2/h22H,3-15H2,1-2H3,(H,18,21). The number of nitrogens with one attached hydrogen (secondary N) is 1. The first-order valence-electron chi connectivity index (χ1n) is 9.01. The van der Waals surface area contributed by atoms with Crippen molar-refractivity contribution in [1.82, 2.24) is 10.4 Å². The molecule has 6 nitrogen and oxygen atoms in total. The number of hydrogen-bond donors (Lipinski definition) is 2. The lowest BCUT2D eigenvalue weighted by atomic mass is 10.1. The average Bonchev–Trinajstić information content (AvgIpc) is 2.53. The van der Waals surface area contributed by atoms with Crippen molar-refractivity contribution in [3.05, 3.63) is 0 Å². The summed E-state index contributed by atoms with van der Waals surface area (Å²) in [5, 5.41) is 12.9. The molecule has 0 heterocycles. The fraction of sp³-hybridized carbons (Fsp3) is 0.882. The summed E-state index contributed by atoms with van der Waals surface area (Å²) >= 11 is 0. The van der Waals surface area contributed by atoms with E-state index >= 15 is 0 Å². The molecule has 0 aliphatic heterocycles. The maximum absolute atomic E-state index is 11.6. The van der Waals surface area contributed by atoms with Gasteiger partial charge in [-0.3, -0.25) is 10.0 Å². The van der Waals surface area contributed by atoms with Crippen molar-refractivity contribution in [2.75, 3.05) is 19.7 Å². The third kappa shape index (κ3) is 14.0. The molecule has 0 unspecified atom stereocenters. The monoisotopic (exact) mass is 330 g/mol. The SMILES string of the molecule is CCCCCCCCCCNC(=O)N(O)CCCC(=O)OCC. The Morgan fingerprint density at radius 1 is 0.957 bits per heavy atom. The first kappa shape index (κ1) is 21.7. The predicted octanol–water partition coefficient (Wildman–Crippen LogP) is 3.87. The third-order valence-corrected chi connectivity index (χ3v) is 3.60. The molecule has 0 rings (SSSR count). The first-order valence-corrected chi connectivity index (χ1v) is 9.01. The molecule has 0 atom stereocenters. The zero-order valence-electron chi connectivity index (χ0n) is 14.8. The van der Waals surface area contributed by atoms with E-state index in [0.717, 1.165) is 12.8 Å². The van der Waals surface area contributed by atoms with E-state index in [1.807, 2.05) is 0 Å². The Morgan fingerprint density at radius 3 is 2.17 bits per heavy atom. The number of hydroxylamine groups is 2. The summed E-state index contributed by atoms with van der Waals surface area (Å²) in [4.78, 5) is 22.7. The van der Waals surface area contributed by atoms with Gasteiger partial charge in [0.1, 0.15) is 0 Å². The summed E-state index contributed by atoms with van der Waals surface area (Å²) in [7, 11) is 0. The van der Waals surface area contributed by atoms with Crippen LogP contribution >= 0.6 is 0 Å². The van der Waals surface area contributed by atoms with Gasteiger partial charge in [-0.25, -0.2) is 9.86 Å². The molecular formula is C17H34N2O4. The average molecular weight is 330 g/mol. The van der Waals surface area contributed by atoms with Crippen LogP contribution in [0.2, 0.25) is 0 Å². The molecule has 23 heavy (non-hydrogen) atoms. The van der Waals surface area contributed by atoms with E-state index in [2.05, 4.69) is 12.2 Å². The lowest BCUT2D eigenvalue weighted by molar-refractivity contribution is -0.143. The van der Waals surface area contributed by atoms with Gasteiger partial charge in [0.2, 0.25) is 0 Å². The number of esters is 1. The molecule has 2 N–H and O–H groups in total. The highest BCUT2D eigenvalue weighted by atomic mass is 16.5. The van der Waals surface area contributed by atoms with Crippen LogP contribution in [0.1, 0.15) is 78.1 Å². The maximum Gasteiger partial charge on any atom is 0.341 e. The summed E-state index contributed by atoms with van der Waals surface area (Å²) < 4.78 is 4.78. The second-order valence-electron chi connectivity index (χ2n) is 5.74. The minimum Gasteiger partial charge on any atom is -0.466 e. The van der Waals surface area contributed by atoms with Crippen LogP contribution in [0.4, 0.5) is 4.79 Å².